The van der Waals surface area contributed by atoms with Gasteiger partial charge in [-0.25, -0.2) is 9.78 Å². The largest absolute Gasteiger partial charge is 0.444 e. The Balaban J connectivity index is 2.40. The summed E-state index contributed by atoms with van der Waals surface area (Å²) in [4.78, 5) is 25.0. The van der Waals surface area contributed by atoms with Crippen molar-refractivity contribution in [3.63, 3.8) is 0 Å². The van der Waals surface area contributed by atoms with Crippen LogP contribution in [-0.2, 0) is 14.0 Å². The highest BCUT2D eigenvalue weighted by molar-refractivity contribution is 7.10. The first-order valence-corrected chi connectivity index (χ1v) is 14.8. The lowest BCUT2D eigenvalue weighted by Gasteiger charge is -2.42. The third kappa shape index (κ3) is 7.24. The molecular formula is C23H39N3O4SSi. The van der Waals surface area contributed by atoms with Crippen molar-refractivity contribution in [2.24, 2.45) is 0 Å². The Morgan fingerprint density at radius 1 is 1.34 bits per heavy atom. The maximum atomic E-state index is 13.3. The second-order valence-corrected chi connectivity index (χ2v) is 16.2. The Bertz CT molecular complexity index is 797. The van der Waals surface area contributed by atoms with Gasteiger partial charge in [0.15, 0.2) is 8.32 Å². The molecule has 1 N–H and O–H groups in total. The van der Waals surface area contributed by atoms with Gasteiger partial charge in [-0.2, -0.15) is 5.48 Å². The number of rotatable bonds is 8. The van der Waals surface area contributed by atoms with Crippen LogP contribution in [0.3, 0.4) is 0 Å². The van der Waals surface area contributed by atoms with Crippen molar-refractivity contribution in [1.82, 2.24) is 15.4 Å². The molecule has 180 valence electrons. The Hall–Kier alpha value is -1.52. The van der Waals surface area contributed by atoms with E-state index < -0.39 is 13.9 Å². The molecule has 0 radical (unpaired) electrons. The highest BCUT2D eigenvalue weighted by Gasteiger charge is 2.42. The lowest BCUT2D eigenvalue weighted by atomic mass is 9.98. The van der Waals surface area contributed by atoms with Crippen LogP contribution in [0.25, 0.3) is 5.57 Å². The van der Waals surface area contributed by atoms with E-state index in [1.165, 1.54) is 0 Å². The second kappa shape index (κ2) is 10.6. The number of thiazole rings is 1. The summed E-state index contributed by atoms with van der Waals surface area (Å²) >= 11 is 1.54. The van der Waals surface area contributed by atoms with E-state index in [0.29, 0.717) is 19.8 Å². The minimum Gasteiger partial charge on any atom is -0.444 e. The van der Waals surface area contributed by atoms with Crippen LogP contribution >= 0.6 is 11.3 Å². The summed E-state index contributed by atoms with van der Waals surface area (Å²) < 4.78 is 12.3. The third-order valence-corrected chi connectivity index (χ3v) is 11.0. The number of aromatic nitrogens is 1. The summed E-state index contributed by atoms with van der Waals surface area (Å²) in [7, 11) is -2.03. The number of nitrogens with one attached hydrogen (secondary N) is 1. The van der Waals surface area contributed by atoms with Crippen molar-refractivity contribution in [2.75, 3.05) is 19.8 Å². The Kier molecular flexibility index (Phi) is 8.86. The van der Waals surface area contributed by atoms with Crippen LogP contribution in [0.2, 0.25) is 18.1 Å². The molecule has 0 bridgehead atoms. The molecular weight excluding hydrogens is 442 g/mol. The number of nitrogens with zero attached hydrogens (tertiary/aromatic N) is 2. The molecule has 2 rings (SSSR count). The van der Waals surface area contributed by atoms with E-state index in [1.54, 1.807) is 28.5 Å². The number of amides is 1. The molecule has 1 aromatic heterocycles. The molecule has 9 heteroatoms. The van der Waals surface area contributed by atoms with Crippen LogP contribution in [0.5, 0.6) is 0 Å². The van der Waals surface area contributed by atoms with Gasteiger partial charge in [0, 0.05) is 23.7 Å². The van der Waals surface area contributed by atoms with Crippen molar-refractivity contribution < 1.29 is 18.8 Å². The summed E-state index contributed by atoms with van der Waals surface area (Å²) in [6.45, 7) is 21.5. The average molecular weight is 482 g/mol. The fourth-order valence-electron chi connectivity index (χ4n) is 2.96. The van der Waals surface area contributed by atoms with E-state index >= 15 is 0 Å². The van der Waals surface area contributed by atoms with E-state index in [9.17, 15) is 4.79 Å². The highest BCUT2D eigenvalue weighted by Crippen LogP contribution is 2.38. The van der Waals surface area contributed by atoms with Crippen molar-refractivity contribution in [3.05, 3.63) is 35.3 Å². The van der Waals surface area contributed by atoms with Gasteiger partial charge in [-0.05, 0) is 38.9 Å². The zero-order valence-corrected chi connectivity index (χ0v) is 22.5. The first-order chi connectivity index (χ1) is 14.7. The van der Waals surface area contributed by atoms with E-state index in [-0.39, 0.29) is 23.2 Å². The van der Waals surface area contributed by atoms with Gasteiger partial charge in [0.25, 0.3) is 0 Å². The van der Waals surface area contributed by atoms with Crippen LogP contribution in [0.1, 0.15) is 46.6 Å². The molecule has 1 amide bonds. The SMILES string of the molecule is C=CCON[C@H]1C=C(c2nccs2)[C@@H](CO[Si](C)(C)C(C)(C)C)N(C(=O)OC(C)(C)C)C1. The number of hydroxylamine groups is 1. The van der Waals surface area contributed by atoms with E-state index in [0.717, 1.165) is 10.6 Å². The van der Waals surface area contributed by atoms with Gasteiger partial charge in [-0.1, -0.05) is 32.9 Å². The molecule has 0 saturated heterocycles. The molecule has 0 fully saturated rings. The van der Waals surface area contributed by atoms with Crippen molar-refractivity contribution in [3.8, 4) is 0 Å². The van der Waals surface area contributed by atoms with Gasteiger partial charge in [0.1, 0.15) is 10.6 Å². The van der Waals surface area contributed by atoms with Crippen molar-refractivity contribution in [2.45, 2.75) is 77.4 Å². The minimum absolute atomic E-state index is 0.0616. The number of hydrogen-bond acceptors (Lipinski definition) is 7. The lowest BCUT2D eigenvalue weighted by Crippen LogP contribution is -2.55. The van der Waals surface area contributed by atoms with Crippen LogP contribution in [0.4, 0.5) is 4.79 Å². The molecule has 0 spiro atoms. The predicted molar refractivity (Wildman–Crippen MR) is 133 cm³/mol. The molecule has 0 unspecified atom stereocenters. The summed E-state index contributed by atoms with van der Waals surface area (Å²) in [5.41, 5.74) is 3.36. The van der Waals surface area contributed by atoms with Gasteiger partial charge >= 0.3 is 6.09 Å². The van der Waals surface area contributed by atoms with Crippen molar-refractivity contribution in [1.29, 1.82) is 0 Å². The molecule has 0 aliphatic carbocycles. The van der Waals surface area contributed by atoms with Gasteiger partial charge in [-0.3, -0.25) is 9.74 Å². The van der Waals surface area contributed by atoms with Crippen LogP contribution < -0.4 is 5.48 Å². The zero-order valence-electron chi connectivity index (χ0n) is 20.7. The molecule has 1 aliphatic heterocycles. The lowest BCUT2D eigenvalue weighted by molar-refractivity contribution is -0.000111. The Morgan fingerprint density at radius 2 is 2.03 bits per heavy atom. The monoisotopic (exact) mass is 481 g/mol. The standard InChI is InChI=1S/C23H39N3O4SSi/c1-10-12-28-25-17-14-18(20-24-11-13-31-20)19(16-29-32(8,9)23(5,6)7)26(15-17)21(27)30-22(2,3)4/h10-11,13-14,17,19,25H,1,12,15-16H2,2-9H3/t17-,19+/m0/s1. The van der Waals surface area contributed by atoms with Gasteiger partial charge in [0.2, 0.25) is 0 Å². The van der Waals surface area contributed by atoms with Crippen LogP contribution in [0, 0.1) is 0 Å². The molecule has 2 atom stereocenters. The highest BCUT2D eigenvalue weighted by atomic mass is 32.1. The molecule has 2 heterocycles. The topological polar surface area (TPSA) is 72.9 Å². The summed E-state index contributed by atoms with van der Waals surface area (Å²) in [5.74, 6) is 0. The Morgan fingerprint density at radius 3 is 2.56 bits per heavy atom. The second-order valence-electron chi connectivity index (χ2n) is 10.5. The molecule has 1 aliphatic rings. The first-order valence-electron chi connectivity index (χ1n) is 11.0. The van der Waals surface area contributed by atoms with E-state index in [2.05, 4.69) is 57.0 Å². The maximum Gasteiger partial charge on any atom is 0.410 e. The number of ether oxygens (including phenoxy) is 1. The van der Waals surface area contributed by atoms with E-state index in [4.69, 9.17) is 14.0 Å². The quantitative estimate of drug-likeness (QED) is 0.237. The first kappa shape index (κ1) is 26.7. The molecule has 0 saturated carbocycles. The number of carbonyl (C=O) groups is 1. The van der Waals surface area contributed by atoms with Gasteiger partial charge in [0.05, 0.1) is 25.3 Å². The predicted octanol–water partition coefficient (Wildman–Crippen LogP) is 5.24. The minimum atomic E-state index is -2.03. The van der Waals surface area contributed by atoms with Crippen LogP contribution in [-0.4, -0.2) is 61.7 Å². The maximum absolute atomic E-state index is 13.3. The number of hydrogen-bond donors (Lipinski definition) is 1. The Labute approximate surface area is 197 Å². The fourth-order valence-corrected chi connectivity index (χ4v) is 4.68. The third-order valence-electron chi connectivity index (χ3n) is 5.66. The number of carbonyl (C=O) groups excluding carboxylic acids is 1. The molecule has 1 aromatic rings. The van der Waals surface area contributed by atoms with E-state index in [1.807, 2.05) is 26.2 Å². The normalized spacial score (nSPS) is 20.1. The summed E-state index contributed by atoms with van der Waals surface area (Å²) in [6.07, 6.45) is 5.15. The summed E-state index contributed by atoms with van der Waals surface area (Å²) in [6, 6.07) is -0.520. The molecule has 0 aromatic carbocycles. The molecule has 7 nitrogen and oxygen atoms in total. The fraction of sp³-hybridized carbons (Fsp3) is 0.652. The molecule has 32 heavy (non-hydrogen) atoms. The van der Waals surface area contributed by atoms with Crippen LogP contribution in [0.15, 0.2) is 30.3 Å². The van der Waals surface area contributed by atoms with Crippen molar-refractivity contribution >= 4 is 31.3 Å². The smallest absolute Gasteiger partial charge is 0.410 e. The zero-order chi connectivity index (χ0) is 24.2. The summed E-state index contributed by atoms with van der Waals surface area (Å²) in [5, 5.41) is 2.86. The van der Waals surface area contributed by atoms with Gasteiger partial charge < -0.3 is 9.16 Å². The average Bonchev–Trinajstić information content (AvgIpc) is 3.18. The van der Waals surface area contributed by atoms with Gasteiger partial charge in [-0.15, -0.1) is 17.9 Å².